The molecule has 3 N–H and O–H groups in total. The molecule has 1 aliphatic rings. The Bertz CT molecular complexity index is 451. The van der Waals surface area contributed by atoms with Crippen molar-refractivity contribution < 1.29 is 4.79 Å². The number of carbonyl (C=O) groups excluding carboxylic acids is 1. The van der Waals surface area contributed by atoms with Gasteiger partial charge in [0, 0.05) is 39.3 Å². The molecule has 1 saturated heterocycles. The average molecular weight is 283 g/mol. The molecule has 2 rings (SSSR count). The zero-order valence-corrected chi connectivity index (χ0v) is 12.5. The summed E-state index contributed by atoms with van der Waals surface area (Å²) in [6.45, 7) is 7.70. The molecule has 19 heavy (non-hydrogen) atoms. The molecule has 1 aromatic rings. The standard InChI is InChI=1S/C12H21N5OS/c1-8(2)16-4-6-17(7-5-16)11(18)9-10(13)15-12(14-3)19-9/h8H,4-7,13H2,1-3H3,(H,14,15). The van der Waals surface area contributed by atoms with E-state index in [1.807, 2.05) is 4.90 Å². The van der Waals surface area contributed by atoms with Crippen molar-refractivity contribution >= 4 is 28.2 Å². The highest BCUT2D eigenvalue weighted by atomic mass is 32.1. The summed E-state index contributed by atoms with van der Waals surface area (Å²) in [5.74, 6) is 0.325. The molecule has 1 aromatic heterocycles. The van der Waals surface area contributed by atoms with Crippen LogP contribution in [0.4, 0.5) is 10.9 Å². The summed E-state index contributed by atoms with van der Waals surface area (Å²) in [5, 5.41) is 3.60. The number of anilines is 2. The first-order valence-electron chi connectivity index (χ1n) is 6.50. The SMILES string of the molecule is CNc1nc(N)c(C(=O)N2CCN(C(C)C)CC2)s1. The number of nitrogens with two attached hydrogens (primary N) is 1. The Hall–Kier alpha value is -1.34. The molecule has 0 aliphatic carbocycles. The second-order valence-electron chi connectivity index (χ2n) is 4.91. The van der Waals surface area contributed by atoms with Gasteiger partial charge in [0.05, 0.1) is 0 Å². The smallest absolute Gasteiger partial charge is 0.267 e. The first kappa shape index (κ1) is 14.1. The predicted octanol–water partition coefficient (Wildman–Crippen LogP) is 0.933. The first-order chi connectivity index (χ1) is 9.02. The molecule has 0 unspecified atom stereocenters. The fourth-order valence-corrected chi connectivity index (χ4v) is 2.98. The summed E-state index contributed by atoms with van der Waals surface area (Å²) >= 11 is 1.32. The summed E-state index contributed by atoms with van der Waals surface area (Å²) in [7, 11) is 1.77. The summed E-state index contributed by atoms with van der Waals surface area (Å²) in [4.78, 5) is 21.3. The Morgan fingerprint density at radius 1 is 1.37 bits per heavy atom. The van der Waals surface area contributed by atoms with Crippen LogP contribution in [0.2, 0.25) is 0 Å². The monoisotopic (exact) mass is 283 g/mol. The molecule has 7 heteroatoms. The predicted molar refractivity (Wildman–Crippen MR) is 78.7 cm³/mol. The van der Waals surface area contributed by atoms with E-state index in [4.69, 9.17) is 5.73 Å². The first-order valence-corrected chi connectivity index (χ1v) is 7.32. The van der Waals surface area contributed by atoms with Crippen LogP contribution in [0.25, 0.3) is 0 Å². The van der Waals surface area contributed by atoms with E-state index in [0.717, 1.165) is 26.2 Å². The van der Waals surface area contributed by atoms with Crippen molar-refractivity contribution in [3.63, 3.8) is 0 Å². The highest BCUT2D eigenvalue weighted by Gasteiger charge is 2.26. The number of nitrogen functional groups attached to an aromatic ring is 1. The Morgan fingerprint density at radius 3 is 2.47 bits per heavy atom. The van der Waals surface area contributed by atoms with Gasteiger partial charge in [-0.1, -0.05) is 11.3 Å². The van der Waals surface area contributed by atoms with E-state index in [9.17, 15) is 4.79 Å². The highest BCUT2D eigenvalue weighted by molar-refractivity contribution is 7.18. The lowest BCUT2D eigenvalue weighted by Gasteiger charge is -2.36. The average Bonchev–Trinajstić information content (AvgIpc) is 2.79. The van der Waals surface area contributed by atoms with Crippen molar-refractivity contribution in [1.82, 2.24) is 14.8 Å². The van der Waals surface area contributed by atoms with Gasteiger partial charge in [-0.3, -0.25) is 9.69 Å². The van der Waals surface area contributed by atoms with Gasteiger partial charge in [-0.2, -0.15) is 0 Å². The highest BCUT2D eigenvalue weighted by Crippen LogP contribution is 2.26. The Labute approximate surface area is 117 Å². The van der Waals surface area contributed by atoms with Crippen molar-refractivity contribution in [2.45, 2.75) is 19.9 Å². The molecule has 1 aliphatic heterocycles. The Balaban J connectivity index is 2.03. The molecule has 1 fully saturated rings. The van der Waals surface area contributed by atoms with Crippen molar-refractivity contribution in [2.75, 3.05) is 44.3 Å². The minimum absolute atomic E-state index is 0.0000869. The number of piperazine rings is 1. The number of hydrogen-bond donors (Lipinski definition) is 2. The molecular weight excluding hydrogens is 262 g/mol. The lowest BCUT2D eigenvalue weighted by Crippen LogP contribution is -2.50. The van der Waals surface area contributed by atoms with E-state index in [2.05, 4.69) is 29.0 Å². The third kappa shape index (κ3) is 2.98. The fraction of sp³-hybridized carbons (Fsp3) is 0.667. The van der Waals surface area contributed by atoms with Crippen LogP contribution < -0.4 is 11.1 Å². The molecule has 1 amide bonds. The molecule has 0 saturated carbocycles. The minimum Gasteiger partial charge on any atom is -0.382 e. The third-order valence-corrected chi connectivity index (χ3v) is 4.47. The van der Waals surface area contributed by atoms with Gasteiger partial charge in [0.1, 0.15) is 10.7 Å². The maximum absolute atomic E-state index is 12.4. The van der Waals surface area contributed by atoms with Gasteiger partial charge in [0.25, 0.3) is 5.91 Å². The number of nitrogens with zero attached hydrogens (tertiary/aromatic N) is 3. The van der Waals surface area contributed by atoms with Gasteiger partial charge >= 0.3 is 0 Å². The lowest BCUT2D eigenvalue weighted by molar-refractivity contribution is 0.0601. The molecule has 0 aromatic carbocycles. The number of rotatable bonds is 3. The van der Waals surface area contributed by atoms with E-state index in [0.29, 0.717) is 21.9 Å². The van der Waals surface area contributed by atoms with E-state index in [1.165, 1.54) is 11.3 Å². The number of thiazole rings is 1. The maximum atomic E-state index is 12.4. The van der Waals surface area contributed by atoms with Gasteiger partial charge in [-0.15, -0.1) is 0 Å². The second kappa shape index (κ2) is 5.75. The third-order valence-electron chi connectivity index (χ3n) is 3.39. The fourth-order valence-electron chi connectivity index (χ4n) is 2.18. The summed E-state index contributed by atoms with van der Waals surface area (Å²) < 4.78 is 0. The van der Waals surface area contributed by atoms with Crippen LogP contribution in [-0.2, 0) is 0 Å². The zero-order valence-electron chi connectivity index (χ0n) is 11.6. The molecular formula is C12H21N5OS. The van der Waals surface area contributed by atoms with Crippen molar-refractivity contribution in [1.29, 1.82) is 0 Å². The summed E-state index contributed by atoms with van der Waals surface area (Å²) in [6.07, 6.45) is 0. The van der Waals surface area contributed by atoms with Gasteiger partial charge in [-0.25, -0.2) is 4.98 Å². The zero-order chi connectivity index (χ0) is 14.0. The number of nitrogens with one attached hydrogen (secondary N) is 1. The molecule has 106 valence electrons. The van der Waals surface area contributed by atoms with Crippen LogP contribution in [0.5, 0.6) is 0 Å². The van der Waals surface area contributed by atoms with Crippen LogP contribution in [0, 0.1) is 0 Å². The Morgan fingerprint density at radius 2 is 2.00 bits per heavy atom. The normalized spacial score (nSPS) is 16.9. The van der Waals surface area contributed by atoms with Crippen molar-refractivity contribution in [3.8, 4) is 0 Å². The van der Waals surface area contributed by atoms with Gasteiger partial charge in [0.15, 0.2) is 5.13 Å². The van der Waals surface area contributed by atoms with Gasteiger partial charge in [0.2, 0.25) is 0 Å². The van der Waals surface area contributed by atoms with Crippen molar-refractivity contribution in [3.05, 3.63) is 4.88 Å². The van der Waals surface area contributed by atoms with Crippen LogP contribution in [0.1, 0.15) is 23.5 Å². The topological polar surface area (TPSA) is 74.5 Å². The Kier molecular flexibility index (Phi) is 4.26. The second-order valence-corrected chi connectivity index (χ2v) is 5.90. The van der Waals surface area contributed by atoms with E-state index in [-0.39, 0.29) is 5.91 Å². The molecule has 0 spiro atoms. The number of carbonyl (C=O) groups is 1. The molecule has 0 radical (unpaired) electrons. The van der Waals surface area contributed by atoms with Crippen LogP contribution in [0.15, 0.2) is 0 Å². The quantitative estimate of drug-likeness (QED) is 0.863. The largest absolute Gasteiger partial charge is 0.382 e. The van der Waals surface area contributed by atoms with Crippen LogP contribution >= 0.6 is 11.3 Å². The molecule has 2 heterocycles. The van der Waals surface area contributed by atoms with Crippen LogP contribution in [-0.4, -0.2) is 60.0 Å². The maximum Gasteiger partial charge on any atom is 0.267 e. The van der Waals surface area contributed by atoms with Crippen LogP contribution in [0.3, 0.4) is 0 Å². The summed E-state index contributed by atoms with van der Waals surface area (Å²) in [6, 6.07) is 0.529. The lowest BCUT2D eigenvalue weighted by atomic mass is 10.2. The molecule has 0 bridgehead atoms. The minimum atomic E-state index is -0.0000869. The van der Waals surface area contributed by atoms with Gasteiger partial charge < -0.3 is 16.0 Å². The van der Waals surface area contributed by atoms with Gasteiger partial charge in [-0.05, 0) is 13.8 Å². The van der Waals surface area contributed by atoms with E-state index >= 15 is 0 Å². The molecule has 6 nitrogen and oxygen atoms in total. The van der Waals surface area contributed by atoms with Crippen molar-refractivity contribution in [2.24, 2.45) is 0 Å². The number of hydrogen-bond acceptors (Lipinski definition) is 6. The van der Waals surface area contributed by atoms with E-state index < -0.39 is 0 Å². The molecule has 0 atom stereocenters. The number of amides is 1. The number of aromatic nitrogens is 1. The summed E-state index contributed by atoms with van der Waals surface area (Å²) in [5.41, 5.74) is 5.80. The van der Waals surface area contributed by atoms with E-state index in [1.54, 1.807) is 7.05 Å².